The van der Waals surface area contributed by atoms with Crippen LogP contribution in [0.2, 0.25) is 0 Å². The van der Waals surface area contributed by atoms with E-state index >= 15 is 0 Å². The first-order chi connectivity index (χ1) is 6.66. The third-order valence-corrected chi connectivity index (χ3v) is 2.22. The van der Waals surface area contributed by atoms with Gasteiger partial charge in [0.15, 0.2) is 0 Å². The molecule has 0 radical (unpaired) electrons. The maximum Gasteiger partial charge on any atom is 0.125 e. The quantitative estimate of drug-likeness (QED) is 0.776. The second-order valence-electron chi connectivity index (χ2n) is 3.65. The summed E-state index contributed by atoms with van der Waals surface area (Å²) in [4.78, 5) is 0. The van der Waals surface area contributed by atoms with Crippen molar-refractivity contribution < 1.29 is 4.39 Å². The number of hydrogen-bond acceptors (Lipinski definition) is 1. The number of benzene rings is 1. The summed E-state index contributed by atoms with van der Waals surface area (Å²) in [5.74, 6) is -0.206. The van der Waals surface area contributed by atoms with Gasteiger partial charge in [0.1, 0.15) is 5.82 Å². The molecule has 2 aromatic rings. The summed E-state index contributed by atoms with van der Waals surface area (Å²) >= 11 is 0. The van der Waals surface area contributed by atoms with Crippen molar-refractivity contribution in [2.24, 2.45) is 5.73 Å². The first kappa shape index (κ1) is 9.21. The van der Waals surface area contributed by atoms with Crippen LogP contribution >= 0.6 is 0 Å². The molecule has 3 heteroatoms. The standard InChI is InChI=1S/C11H13FN2/c1-8(13)7-14-5-4-9-2-3-10(12)6-11(9)14/h2-6,8H,7,13H2,1H3/t8-/m0/s1. The third kappa shape index (κ3) is 1.63. The van der Waals surface area contributed by atoms with Gasteiger partial charge >= 0.3 is 0 Å². The summed E-state index contributed by atoms with van der Waals surface area (Å²) in [5, 5.41) is 1.05. The largest absolute Gasteiger partial charge is 0.346 e. The molecule has 0 amide bonds. The van der Waals surface area contributed by atoms with Crippen molar-refractivity contribution in [3.05, 3.63) is 36.3 Å². The summed E-state index contributed by atoms with van der Waals surface area (Å²) in [6.07, 6.45) is 1.94. The summed E-state index contributed by atoms with van der Waals surface area (Å²) in [7, 11) is 0. The van der Waals surface area contributed by atoms with Gasteiger partial charge in [-0.2, -0.15) is 0 Å². The Morgan fingerprint density at radius 2 is 2.21 bits per heavy atom. The van der Waals surface area contributed by atoms with Gasteiger partial charge in [-0.3, -0.25) is 0 Å². The van der Waals surface area contributed by atoms with Crippen molar-refractivity contribution in [2.75, 3.05) is 0 Å². The molecular formula is C11H13FN2. The lowest BCUT2D eigenvalue weighted by Crippen LogP contribution is -2.21. The zero-order valence-electron chi connectivity index (χ0n) is 8.07. The maximum atomic E-state index is 13.0. The monoisotopic (exact) mass is 192 g/mol. The van der Waals surface area contributed by atoms with Crippen LogP contribution in [0.1, 0.15) is 6.92 Å². The van der Waals surface area contributed by atoms with Crippen LogP contribution in [0.4, 0.5) is 4.39 Å². The molecule has 2 N–H and O–H groups in total. The fourth-order valence-corrected chi connectivity index (χ4v) is 1.63. The zero-order valence-corrected chi connectivity index (χ0v) is 8.07. The summed E-state index contributed by atoms with van der Waals surface area (Å²) in [6, 6.07) is 6.84. The average Bonchev–Trinajstić information content (AvgIpc) is 2.47. The van der Waals surface area contributed by atoms with Crippen LogP contribution in [-0.2, 0) is 6.54 Å². The predicted octanol–water partition coefficient (Wildman–Crippen LogP) is 2.13. The molecular weight excluding hydrogens is 179 g/mol. The fourth-order valence-electron chi connectivity index (χ4n) is 1.63. The third-order valence-electron chi connectivity index (χ3n) is 2.22. The van der Waals surface area contributed by atoms with E-state index in [-0.39, 0.29) is 11.9 Å². The van der Waals surface area contributed by atoms with Gasteiger partial charge in [-0.15, -0.1) is 0 Å². The van der Waals surface area contributed by atoms with Crippen LogP contribution in [0.25, 0.3) is 10.9 Å². The van der Waals surface area contributed by atoms with E-state index in [9.17, 15) is 4.39 Å². The Balaban J connectivity index is 2.50. The van der Waals surface area contributed by atoms with E-state index < -0.39 is 0 Å². The molecule has 74 valence electrons. The van der Waals surface area contributed by atoms with Crippen LogP contribution in [0.5, 0.6) is 0 Å². The van der Waals surface area contributed by atoms with Crippen LogP contribution in [-0.4, -0.2) is 10.6 Å². The molecule has 0 aliphatic heterocycles. The van der Waals surface area contributed by atoms with Gasteiger partial charge in [-0.1, -0.05) is 0 Å². The summed E-state index contributed by atoms with van der Waals surface area (Å²) < 4.78 is 15.0. The molecule has 1 atom stereocenters. The van der Waals surface area contributed by atoms with Gasteiger partial charge in [0.05, 0.1) is 5.52 Å². The van der Waals surface area contributed by atoms with E-state index in [4.69, 9.17) is 5.73 Å². The number of fused-ring (bicyclic) bond motifs is 1. The molecule has 1 aromatic heterocycles. The molecule has 0 saturated carbocycles. The zero-order chi connectivity index (χ0) is 10.1. The Bertz CT molecular complexity index is 445. The Hall–Kier alpha value is -1.35. The van der Waals surface area contributed by atoms with E-state index in [0.29, 0.717) is 6.54 Å². The van der Waals surface area contributed by atoms with Crippen molar-refractivity contribution in [1.29, 1.82) is 0 Å². The number of hydrogen-bond donors (Lipinski definition) is 1. The molecule has 0 bridgehead atoms. The van der Waals surface area contributed by atoms with Crippen LogP contribution in [0.15, 0.2) is 30.5 Å². The molecule has 0 aliphatic carbocycles. The molecule has 14 heavy (non-hydrogen) atoms. The molecule has 0 unspecified atom stereocenters. The lowest BCUT2D eigenvalue weighted by atomic mass is 10.2. The van der Waals surface area contributed by atoms with E-state index in [2.05, 4.69) is 0 Å². The molecule has 0 spiro atoms. The lowest BCUT2D eigenvalue weighted by Gasteiger charge is -2.08. The second-order valence-corrected chi connectivity index (χ2v) is 3.65. The molecule has 0 aliphatic rings. The summed E-state index contributed by atoms with van der Waals surface area (Å²) in [5.41, 5.74) is 6.60. The highest BCUT2D eigenvalue weighted by Gasteiger charge is 2.03. The molecule has 0 fully saturated rings. The molecule has 0 saturated heterocycles. The SMILES string of the molecule is C[C@H](N)Cn1ccc2ccc(F)cc21. The number of aromatic nitrogens is 1. The highest BCUT2D eigenvalue weighted by Crippen LogP contribution is 2.17. The van der Waals surface area contributed by atoms with Gasteiger partial charge in [0, 0.05) is 18.8 Å². The minimum Gasteiger partial charge on any atom is -0.346 e. The number of nitrogens with zero attached hydrogens (tertiary/aromatic N) is 1. The molecule has 1 heterocycles. The Kier molecular flexibility index (Phi) is 2.25. The number of nitrogens with two attached hydrogens (primary N) is 1. The minimum absolute atomic E-state index is 0.0777. The van der Waals surface area contributed by atoms with Crippen molar-refractivity contribution in [3.8, 4) is 0 Å². The molecule has 1 aromatic carbocycles. The molecule has 2 rings (SSSR count). The van der Waals surface area contributed by atoms with Gasteiger partial charge in [-0.05, 0) is 36.6 Å². The van der Waals surface area contributed by atoms with Crippen LogP contribution < -0.4 is 5.73 Å². The highest BCUT2D eigenvalue weighted by molar-refractivity contribution is 5.80. The van der Waals surface area contributed by atoms with E-state index in [1.165, 1.54) is 12.1 Å². The second kappa shape index (κ2) is 3.42. The maximum absolute atomic E-state index is 13.0. The van der Waals surface area contributed by atoms with E-state index in [0.717, 1.165) is 10.9 Å². The van der Waals surface area contributed by atoms with E-state index in [1.807, 2.05) is 23.8 Å². The van der Waals surface area contributed by atoms with Gasteiger partial charge < -0.3 is 10.3 Å². The number of rotatable bonds is 2. The first-order valence-electron chi connectivity index (χ1n) is 4.67. The van der Waals surface area contributed by atoms with Crippen molar-refractivity contribution in [2.45, 2.75) is 19.5 Å². The van der Waals surface area contributed by atoms with E-state index in [1.54, 1.807) is 6.07 Å². The highest BCUT2D eigenvalue weighted by atomic mass is 19.1. The van der Waals surface area contributed by atoms with Crippen molar-refractivity contribution >= 4 is 10.9 Å². The fraction of sp³-hybridized carbons (Fsp3) is 0.273. The minimum atomic E-state index is -0.206. The lowest BCUT2D eigenvalue weighted by molar-refractivity contribution is 0.600. The first-order valence-corrected chi connectivity index (χ1v) is 4.67. The van der Waals surface area contributed by atoms with Crippen LogP contribution in [0, 0.1) is 5.82 Å². The molecule has 2 nitrogen and oxygen atoms in total. The topological polar surface area (TPSA) is 30.9 Å². The Labute approximate surface area is 82.1 Å². The Morgan fingerprint density at radius 1 is 1.43 bits per heavy atom. The average molecular weight is 192 g/mol. The van der Waals surface area contributed by atoms with Gasteiger partial charge in [0.25, 0.3) is 0 Å². The Morgan fingerprint density at radius 3 is 2.93 bits per heavy atom. The normalized spacial score (nSPS) is 13.4. The van der Waals surface area contributed by atoms with Gasteiger partial charge in [0.2, 0.25) is 0 Å². The summed E-state index contributed by atoms with van der Waals surface area (Å²) in [6.45, 7) is 2.65. The number of halogens is 1. The smallest absolute Gasteiger partial charge is 0.125 e. The van der Waals surface area contributed by atoms with Crippen molar-refractivity contribution in [1.82, 2.24) is 4.57 Å². The van der Waals surface area contributed by atoms with Gasteiger partial charge in [-0.25, -0.2) is 4.39 Å². The van der Waals surface area contributed by atoms with Crippen molar-refractivity contribution in [3.63, 3.8) is 0 Å². The van der Waals surface area contributed by atoms with Crippen LogP contribution in [0.3, 0.4) is 0 Å². The predicted molar refractivity (Wildman–Crippen MR) is 55.5 cm³/mol.